The molecule has 0 bridgehead atoms. The highest BCUT2D eigenvalue weighted by molar-refractivity contribution is 5.72. The minimum Gasteiger partial charge on any atom is -0.469 e. The van der Waals surface area contributed by atoms with Crippen LogP contribution >= 0.6 is 0 Å². The van der Waals surface area contributed by atoms with E-state index in [0.29, 0.717) is 26.4 Å². The number of hydrogen-bond donors (Lipinski definition) is 1. The van der Waals surface area contributed by atoms with Crippen molar-refractivity contribution >= 4 is 5.97 Å². The normalized spacial score (nSPS) is 14.5. The van der Waals surface area contributed by atoms with Crippen LogP contribution in [0, 0.1) is 5.92 Å². The maximum absolute atomic E-state index is 11.2. The van der Waals surface area contributed by atoms with E-state index in [1.807, 2.05) is 13.8 Å². The highest BCUT2D eigenvalue weighted by atomic mass is 16.5. The first-order valence-electron chi connectivity index (χ1n) is 5.51. The fourth-order valence-electron chi connectivity index (χ4n) is 1.17. The largest absolute Gasteiger partial charge is 0.469 e. The molecule has 0 aliphatic rings. The molecular weight excluding hydrogens is 210 g/mol. The van der Waals surface area contributed by atoms with Crippen LogP contribution in [0.2, 0.25) is 0 Å². The van der Waals surface area contributed by atoms with Crippen LogP contribution in [-0.2, 0) is 19.0 Å². The number of esters is 1. The topological polar surface area (TPSA) is 56.8 Å². The van der Waals surface area contributed by atoms with Gasteiger partial charge in [0.05, 0.1) is 32.8 Å². The minimum absolute atomic E-state index is 0.0819. The zero-order valence-corrected chi connectivity index (χ0v) is 10.6. The van der Waals surface area contributed by atoms with Gasteiger partial charge in [-0.1, -0.05) is 6.92 Å². The lowest BCUT2D eigenvalue weighted by Crippen LogP contribution is -2.38. The molecule has 0 radical (unpaired) electrons. The third kappa shape index (κ3) is 6.76. The molecular formula is C11H23NO4. The maximum Gasteiger partial charge on any atom is 0.309 e. The van der Waals surface area contributed by atoms with Crippen molar-refractivity contribution in [1.29, 1.82) is 0 Å². The van der Waals surface area contributed by atoms with Crippen molar-refractivity contribution in [2.24, 2.45) is 5.92 Å². The molecule has 0 saturated heterocycles. The van der Waals surface area contributed by atoms with Crippen molar-refractivity contribution < 1.29 is 19.0 Å². The first-order valence-corrected chi connectivity index (χ1v) is 5.51. The molecule has 0 aromatic rings. The maximum atomic E-state index is 11.2. The van der Waals surface area contributed by atoms with Gasteiger partial charge in [0.15, 0.2) is 0 Å². The van der Waals surface area contributed by atoms with E-state index in [1.165, 1.54) is 7.11 Å². The van der Waals surface area contributed by atoms with Crippen LogP contribution in [0.3, 0.4) is 0 Å². The Balaban J connectivity index is 3.49. The predicted octanol–water partition coefficient (Wildman–Crippen LogP) is 0.437. The summed E-state index contributed by atoms with van der Waals surface area (Å²) in [6, 6.07) is 0.0819. The summed E-state index contributed by atoms with van der Waals surface area (Å²) in [6.45, 7) is 6.33. The average molecular weight is 233 g/mol. The summed E-state index contributed by atoms with van der Waals surface area (Å²) in [5, 5.41) is 3.21. The van der Waals surface area contributed by atoms with E-state index in [2.05, 4.69) is 10.1 Å². The third-order valence-electron chi connectivity index (χ3n) is 2.47. The predicted molar refractivity (Wildman–Crippen MR) is 61.3 cm³/mol. The summed E-state index contributed by atoms with van der Waals surface area (Å²) in [5.41, 5.74) is 0. The van der Waals surface area contributed by atoms with Gasteiger partial charge in [-0.3, -0.25) is 4.79 Å². The monoisotopic (exact) mass is 233 g/mol. The number of carbonyl (C=O) groups excluding carboxylic acids is 1. The van der Waals surface area contributed by atoms with E-state index in [9.17, 15) is 4.79 Å². The molecule has 0 saturated carbocycles. The van der Waals surface area contributed by atoms with Crippen LogP contribution in [0.4, 0.5) is 0 Å². The van der Waals surface area contributed by atoms with Gasteiger partial charge in [0.25, 0.3) is 0 Å². The summed E-state index contributed by atoms with van der Waals surface area (Å²) in [7, 11) is 3.04. The number of rotatable bonds is 9. The molecule has 0 aromatic heterocycles. The molecule has 96 valence electrons. The second kappa shape index (κ2) is 9.57. The number of nitrogens with one attached hydrogen (secondary N) is 1. The third-order valence-corrected chi connectivity index (χ3v) is 2.47. The Morgan fingerprint density at radius 2 is 1.88 bits per heavy atom. The second-order valence-corrected chi connectivity index (χ2v) is 3.66. The molecule has 0 spiro atoms. The quantitative estimate of drug-likeness (QED) is 0.462. The molecule has 0 aliphatic carbocycles. The Bertz CT molecular complexity index is 187. The van der Waals surface area contributed by atoms with Crippen molar-refractivity contribution in [1.82, 2.24) is 5.32 Å². The van der Waals surface area contributed by atoms with Crippen molar-refractivity contribution in [3.63, 3.8) is 0 Å². The highest BCUT2D eigenvalue weighted by Gasteiger charge is 2.19. The lowest BCUT2D eigenvalue weighted by molar-refractivity contribution is -0.145. The molecule has 0 fully saturated rings. The standard InChI is InChI=1S/C11H23NO4/c1-9(11(13)15-4)10(2)12-5-6-16-8-7-14-3/h9-10,12H,5-8H2,1-4H3. The van der Waals surface area contributed by atoms with E-state index in [4.69, 9.17) is 9.47 Å². The Hall–Kier alpha value is -0.650. The van der Waals surface area contributed by atoms with Gasteiger partial charge in [0.1, 0.15) is 0 Å². The Kier molecular flexibility index (Phi) is 9.18. The van der Waals surface area contributed by atoms with Gasteiger partial charge >= 0.3 is 5.97 Å². The van der Waals surface area contributed by atoms with Crippen LogP contribution in [0.15, 0.2) is 0 Å². The molecule has 0 amide bonds. The van der Waals surface area contributed by atoms with Gasteiger partial charge < -0.3 is 19.5 Å². The van der Waals surface area contributed by atoms with E-state index in [-0.39, 0.29) is 17.9 Å². The highest BCUT2D eigenvalue weighted by Crippen LogP contribution is 2.03. The number of methoxy groups -OCH3 is 2. The van der Waals surface area contributed by atoms with Crippen LogP contribution in [-0.4, -0.2) is 52.6 Å². The lowest BCUT2D eigenvalue weighted by Gasteiger charge is -2.19. The molecule has 2 unspecified atom stereocenters. The van der Waals surface area contributed by atoms with Crippen LogP contribution in [0.5, 0.6) is 0 Å². The van der Waals surface area contributed by atoms with Gasteiger partial charge in [-0.25, -0.2) is 0 Å². The van der Waals surface area contributed by atoms with Crippen molar-refractivity contribution in [3.8, 4) is 0 Å². The van der Waals surface area contributed by atoms with Crippen LogP contribution < -0.4 is 5.32 Å². The molecule has 5 heteroatoms. The molecule has 0 rings (SSSR count). The molecule has 0 heterocycles. The fourth-order valence-corrected chi connectivity index (χ4v) is 1.17. The summed E-state index contributed by atoms with van der Waals surface area (Å²) in [5.74, 6) is -0.343. The molecule has 5 nitrogen and oxygen atoms in total. The summed E-state index contributed by atoms with van der Waals surface area (Å²) in [4.78, 5) is 11.2. The van der Waals surface area contributed by atoms with E-state index in [1.54, 1.807) is 7.11 Å². The van der Waals surface area contributed by atoms with Crippen molar-refractivity contribution in [3.05, 3.63) is 0 Å². The SMILES string of the molecule is COCCOCCNC(C)C(C)C(=O)OC. The van der Waals surface area contributed by atoms with Crippen LogP contribution in [0.25, 0.3) is 0 Å². The number of hydrogen-bond acceptors (Lipinski definition) is 5. The van der Waals surface area contributed by atoms with Gasteiger partial charge in [0.2, 0.25) is 0 Å². The summed E-state index contributed by atoms with van der Waals surface area (Å²) in [6.07, 6.45) is 0. The van der Waals surface area contributed by atoms with Crippen molar-refractivity contribution in [2.75, 3.05) is 40.6 Å². The molecule has 0 aromatic carbocycles. The number of carbonyl (C=O) groups is 1. The average Bonchev–Trinajstić information content (AvgIpc) is 2.31. The van der Waals surface area contributed by atoms with E-state index >= 15 is 0 Å². The summed E-state index contributed by atoms with van der Waals surface area (Å²) >= 11 is 0. The zero-order chi connectivity index (χ0) is 12.4. The van der Waals surface area contributed by atoms with E-state index < -0.39 is 0 Å². The lowest BCUT2D eigenvalue weighted by atomic mass is 10.0. The number of ether oxygens (including phenoxy) is 3. The first-order chi connectivity index (χ1) is 7.63. The van der Waals surface area contributed by atoms with Crippen molar-refractivity contribution in [2.45, 2.75) is 19.9 Å². The Morgan fingerprint density at radius 1 is 1.19 bits per heavy atom. The van der Waals surface area contributed by atoms with Gasteiger partial charge in [0, 0.05) is 19.7 Å². The van der Waals surface area contributed by atoms with Gasteiger partial charge in [-0.2, -0.15) is 0 Å². The Morgan fingerprint density at radius 3 is 2.44 bits per heavy atom. The van der Waals surface area contributed by atoms with Gasteiger partial charge in [-0.05, 0) is 6.92 Å². The molecule has 0 aliphatic heterocycles. The smallest absolute Gasteiger partial charge is 0.309 e. The Labute approximate surface area is 97.4 Å². The van der Waals surface area contributed by atoms with Crippen LogP contribution in [0.1, 0.15) is 13.8 Å². The fraction of sp³-hybridized carbons (Fsp3) is 0.909. The van der Waals surface area contributed by atoms with E-state index in [0.717, 1.165) is 0 Å². The minimum atomic E-state index is -0.194. The zero-order valence-electron chi connectivity index (χ0n) is 10.6. The molecule has 1 N–H and O–H groups in total. The van der Waals surface area contributed by atoms with Gasteiger partial charge in [-0.15, -0.1) is 0 Å². The molecule has 2 atom stereocenters. The first kappa shape index (κ1) is 15.3. The second-order valence-electron chi connectivity index (χ2n) is 3.66. The summed E-state index contributed by atoms with van der Waals surface area (Å²) < 4.78 is 14.8. The molecule has 16 heavy (non-hydrogen) atoms.